The van der Waals surface area contributed by atoms with Gasteiger partial charge in [0.05, 0.1) is 11.8 Å². The maximum atomic E-state index is 11.6. The Morgan fingerprint density at radius 1 is 1.53 bits per heavy atom. The van der Waals surface area contributed by atoms with Crippen molar-refractivity contribution in [2.24, 2.45) is 11.8 Å². The van der Waals surface area contributed by atoms with Crippen LogP contribution in [0.2, 0.25) is 0 Å². The largest absolute Gasteiger partial charge is 0.481 e. The lowest BCUT2D eigenvalue weighted by Crippen LogP contribution is -2.28. The molecule has 4 nitrogen and oxygen atoms in total. The van der Waals surface area contributed by atoms with Gasteiger partial charge in [-0.1, -0.05) is 0 Å². The number of carbonyl (C=O) groups excluding carboxylic acids is 1. The van der Waals surface area contributed by atoms with Crippen LogP contribution >= 0.6 is 11.3 Å². The van der Waals surface area contributed by atoms with E-state index in [1.807, 2.05) is 5.38 Å². The third-order valence-corrected chi connectivity index (χ3v) is 4.15. The van der Waals surface area contributed by atoms with E-state index in [9.17, 15) is 9.59 Å². The summed E-state index contributed by atoms with van der Waals surface area (Å²) in [4.78, 5) is 23.4. The molecule has 2 atom stereocenters. The molecule has 17 heavy (non-hydrogen) atoms. The van der Waals surface area contributed by atoms with Crippen molar-refractivity contribution >= 4 is 23.2 Å². The molecule has 1 heterocycles. The molecule has 1 saturated carbocycles. The first-order chi connectivity index (χ1) is 8.09. The minimum Gasteiger partial charge on any atom is -0.481 e. The molecule has 0 aromatic carbocycles. The molecule has 2 N–H and O–H groups in total. The molecule has 1 fully saturated rings. The predicted octanol–water partition coefficient (Wildman–Crippen LogP) is 1.44. The molecule has 1 aliphatic rings. The van der Waals surface area contributed by atoms with Crippen LogP contribution < -0.4 is 5.32 Å². The van der Waals surface area contributed by atoms with Crippen LogP contribution in [0.4, 0.5) is 0 Å². The third-order valence-electron chi connectivity index (χ3n) is 3.06. The molecule has 1 amide bonds. The molecule has 2 unspecified atom stereocenters. The SMILES string of the molecule is Cc1ccsc1CCNC(=O)C1CC1C(=O)O. The molecule has 0 spiro atoms. The fraction of sp³-hybridized carbons (Fsp3) is 0.500. The minimum atomic E-state index is -0.862. The first-order valence-electron chi connectivity index (χ1n) is 5.63. The van der Waals surface area contributed by atoms with Gasteiger partial charge in [0.25, 0.3) is 0 Å². The molecular weight excluding hydrogens is 238 g/mol. The highest BCUT2D eigenvalue weighted by Gasteiger charge is 2.48. The highest BCUT2D eigenvalue weighted by molar-refractivity contribution is 7.10. The lowest BCUT2D eigenvalue weighted by Gasteiger charge is -2.03. The standard InChI is InChI=1S/C12H15NO3S/c1-7-3-5-17-10(7)2-4-13-11(14)8-6-9(8)12(15)16/h3,5,8-9H,2,4,6H2,1H3,(H,13,14)(H,15,16). The summed E-state index contributed by atoms with van der Waals surface area (Å²) in [5, 5.41) is 13.5. The van der Waals surface area contributed by atoms with E-state index in [-0.39, 0.29) is 11.8 Å². The van der Waals surface area contributed by atoms with Crippen molar-refractivity contribution in [3.05, 3.63) is 21.9 Å². The zero-order valence-corrected chi connectivity index (χ0v) is 10.4. The smallest absolute Gasteiger partial charge is 0.307 e. The summed E-state index contributed by atoms with van der Waals surface area (Å²) in [6, 6.07) is 2.06. The van der Waals surface area contributed by atoms with Crippen molar-refractivity contribution in [3.8, 4) is 0 Å². The Kier molecular flexibility index (Phi) is 3.47. The number of amides is 1. The van der Waals surface area contributed by atoms with E-state index in [4.69, 9.17) is 5.11 Å². The predicted molar refractivity (Wildman–Crippen MR) is 65.0 cm³/mol. The molecule has 0 saturated heterocycles. The summed E-state index contributed by atoms with van der Waals surface area (Å²) in [5.41, 5.74) is 1.25. The van der Waals surface area contributed by atoms with Crippen LogP contribution in [-0.2, 0) is 16.0 Å². The second-order valence-corrected chi connectivity index (χ2v) is 5.36. The number of nitrogens with one attached hydrogen (secondary N) is 1. The molecule has 92 valence electrons. The zero-order valence-electron chi connectivity index (χ0n) is 9.60. The van der Waals surface area contributed by atoms with Crippen molar-refractivity contribution in [2.45, 2.75) is 19.8 Å². The summed E-state index contributed by atoms with van der Waals surface area (Å²) in [5.74, 6) is -1.75. The number of hydrogen-bond acceptors (Lipinski definition) is 3. The van der Waals surface area contributed by atoms with Gasteiger partial charge in [0.15, 0.2) is 0 Å². The third kappa shape index (κ3) is 2.85. The Morgan fingerprint density at radius 2 is 2.29 bits per heavy atom. The maximum absolute atomic E-state index is 11.6. The fourth-order valence-electron chi connectivity index (χ4n) is 1.85. The number of carbonyl (C=O) groups is 2. The summed E-state index contributed by atoms with van der Waals surface area (Å²) >= 11 is 1.69. The van der Waals surface area contributed by atoms with Gasteiger partial charge < -0.3 is 10.4 Å². The van der Waals surface area contributed by atoms with Crippen molar-refractivity contribution < 1.29 is 14.7 Å². The Bertz CT molecular complexity index is 441. The highest BCUT2D eigenvalue weighted by Crippen LogP contribution is 2.38. The van der Waals surface area contributed by atoms with Gasteiger partial charge in [-0.3, -0.25) is 9.59 Å². The summed E-state index contributed by atoms with van der Waals surface area (Å²) in [6.07, 6.45) is 1.30. The monoisotopic (exact) mass is 253 g/mol. The maximum Gasteiger partial charge on any atom is 0.307 e. The van der Waals surface area contributed by atoms with Crippen LogP contribution in [0.5, 0.6) is 0 Å². The van der Waals surface area contributed by atoms with Crippen LogP contribution in [0, 0.1) is 18.8 Å². The second-order valence-electron chi connectivity index (χ2n) is 4.35. The van der Waals surface area contributed by atoms with Crippen LogP contribution in [0.3, 0.4) is 0 Å². The van der Waals surface area contributed by atoms with Crippen molar-refractivity contribution in [2.75, 3.05) is 6.54 Å². The topological polar surface area (TPSA) is 66.4 Å². The van der Waals surface area contributed by atoms with E-state index in [0.717, 1.165) is 6.42 Å². The Labute approximate surface area is 104 Å². The molecule has 2 rings (SSSR count). The fourth-order valence-corrected chi connectivity index (χ4v) is 2.76. The van der Waals surface area contributed by atoms with E-state index in [1.54, 1.807) is 11.3 Å². The Morgan fingerprint density at radius 3 is 2.82 bits per heavy atom. The van der Waals surface area contributed by atoms with E-state index < -0.39 is 11.9 Å². The average Bonchev–Trinajstić information content (AvgIpc) is 2.99. The van der Waals surface area contributed by atoms with Gasteiger partial charge in [0.1, 0.15) is 0 Å². The van der Waals surface area contributed by atoms with Gasteiger partial charge in [-0.05, 0) is 36.8 Å². The van der Waals surface area contributed by atoms with Crippen molar-refractivity contribution in [1.82, 2.24) is 5.32 Å². The van der Waals surface area contributed by atoms with Gasteiger partial charge in [-0.2, -0.15) is 0 Å². The lowest BCUT2D eigenvalue weighted by molar-refractivity contribution is -0.140. The Balaban J connectivity index is 1.71. The average molecular weight is 253 g/mol. The molecule has 0 aliphatic heterocycles. The van der Waals surface area contributed by atoms with Gasteiger partial charge in [0, 0.05) is 11.4 Å². The number of rotatable bonds is 5. The quantitative estimate of drug-likeness (QED) is 0.834. The summed E-state index contributed by atoms with van der Waals surface area (Å²) < 4.78 is 0. The summed E-state index contributed by atoms with van der Waals surface area (Å²) in [7, 11) is 0. The zero-order chi connectivity index (χ0) is 12.4. The first kappa shape index (κ1) is 12.1. The molecule has 1 aromatic heterocycles. The first-order valence-corrected chi connectivity index (χ1v) is 6.51. The highest BCUT2D eigenvalue weighted by atomic mass is 32.1. The summed E-state index contributed by atoms with van der Waals surface area (Å²) in [6.45, 7) is 2.64. The van der Waals surface area contributed by atoms with Crippen LogP contribution in [0.1, 0.15) is 16.9 Å². The van der Waals surface area contributed by atoms with Gasteiger partial charge in [-0.15, -0.1) is 11.3 Å². The number of hydrogen-bond donors (Lipinski definition) is 2. The van der Waals surface area contributed by atoms with E-state index >= 15 is 0 Å². The molecular formula is C12H15NO3S. The van der Waals surface area contributed by atoms with Crippen molar-refractivity contribution in [3.63, 3.8) is 0 Å². The van der Waals surface area contributed by atoms with Crippen LogP contribution in [0.15, 0.2) is 11.4 Å². The molecule has 1 aromatic rings. The van der Waals surface area contributed by atoms with Crippen molar-refractivity contribution in [1.29, 1.82) is 0 Å². The molecule has 5 heteroatoms. The Hall–Kier alpha value is -1.36. The van der Waals surface area contributed by atoms with E-state index in [0.29, 0.717) is 13.0 Å². The van der Waals surface area contributed by atoms with E-state index in [2.05, 4.69) is 18.3 Å². The molecule has 0 radical (unpaired) electrons. The number of thiophene rings is 1. The van der Waals surface area contributed by atoms with Gasteiger partial charge in [0.2, 0.25) is 5.91 Å². The van der Waals surface area contributed by atoms with Gasteiger partial charge >= 0.3 is 5.97 Å². The van der Waals surface area contributed by atoms with Gasteiger partial charge in [-0.25, -0.2) is 0 Å². The second kappa shape index (κ2) is 4.87. The van der Waals surface area contributed by atoms with Crippen LogP contribution in [0.25, 0.3) is 0 Å². The van der Waals surface area contributed by atoms with E-state index in [1.165, 1.54) is 10.4 Å². The number of carboxylic acid groups (broad SMARTS) is 1. The molecule has 0 bridgehead atoms. The van der Waals surface area contributed by atoms with Crippen LogP contribution in [-0.4, -0.2) is 23.5 Å². The lowest BCUT2D eigenvalue weighted by atomic mass is 10.2. The number of aryl methyl sites for hydroxylation is 1. The normalized spacial score (nSPS) is 22.2. The molecule has 1 aliphatic carbocycles. The number of aliphatic carboxylic acids is 1. The minimum absolute atomic E-state index is 0.119. The number of carboxylic acids is 1.